The van der Waals surface area contributed by atoms with Crippen molar-refractivity contribution in [3.05, 3.63) is 11.6 Å². The van der Waals surface area contributed by atoms with E-state index in [0.717, 1.165) is 24.8 Å². The Kier molecular flexibility index (Phi) is 2.99. The van der Waals surface area contributed by atoms with Crippen molar-refractivity contribution in [3.63, 3.8) is 0 Å². The molecule has 0 aromatic carbocycles. The van der Waals surface area contributed by atoms with Crippen LogP contribution in [-0.2, 0) is 4.79 Å². The zero-order chi connectivity index (χ0) is 9.19. The second kappa shape index (κ2) is 3.65. The Labute approximate surface area is 78.6 Å². The lowest BCUT2D eigenvalue weighted by molar-refractivity contribution is -0.108. The number of allylic oxidation sites excluding steroid dienone is 1. The molecule has 2 heteroatoms. The first-order valence-electron chi connectivity index (χ1n) is 4.41. The molecule has 0 unspecified atom stereocenters. The molecule has 0 aromatic heterocycles. The van der Waals surface area contributed by atoms with Gasteiger partial charge in [-0.25, -0.2) is 0 Å². The van der Waals surface area contributed by atoms with Crippen LogP contribution in [0.15, 0.2) is 11.6 Å². The molecular formula is C10H16OS. The van der Waals surface area contributed by atoms with Crippen LogP contribution in [0.1, 0.15) is 40.0 Å². The van der Waals surface area contributed by atoms with Gasteiger partial charge in [-0.15, -0.1) is 0 Å². The lowest BCUT2D eigenvalue weighted by atomic mass is 10.2. The summed E-state index contributed by atoms with van der Waals surface area (Å²) in [5.41, 5.74) is 1.04. The number of thioether (sulfide) groups is 1. The van der Waals surface area contributed by atoms with Crippen molar-refractivity contribution in [2.75, 3.05) is 0 Å². The number of rotatable bonds is 1. The maximum absolute atomic E-state index is 11.6. The molecule has 0 N–H and O–H groups in total. The molecule has 1 aliphatic rings. The van der Waals surface area contributed by atoms with Crippen molar-refractivity contribution < 1.29 is 4.79 Å². The monoisotopic (exact) mass is 184 g/mol. The molecule has 0 spiro atoms. The van der Waals surface area contributed by atoms with E-state index in [-0.39, 0.29) is 9.86 Å². The highest BCUT2D eigenvalue weighted by atomic mass is 32.2. The zero-order valence-corrected chi connectivity index (χ0v) is 8.83. The minimum Gasteiger partial charge on any atom is -0.282 e. The average molecular weight is 184 g/mol. The second-order valence-corrected chi connectivity index (χ2v) is 5.92. The summed E-state index contributed by atoms with van der Waals surface area (Å²) >= 11 is 1.45. The molecule has 0 atom stereocenters. The molecule has 1 rings (SSSR count). The first kappa shape index (κ1) is 9.85. The largest absolute Gasteiger partial charge is 0.282 e. The van der Waals surface area contributed by atoms with Crippen LogP contribution in [0.4, 0.5) is 0 Å². The molecule has 0 heterocycles. The van der Waals surface area contributed by atoms with Crippen molar-refractivity contribution in [3.8, 4) is 0 Å². The van der Waals surface area contributed by atoms with Crippen LogP contribution in [0.5, 0.6) is 0 Å². The highest BCUT2D eigenvalue weighted by Gasteiger charge is 2.20. The molecule has 0 saturated carbocycles. The van der Waals surface area contributed by atoms with E-state index in [2.05, 4.69) is 26.8 Å². The SMILES string of the molecule is CC(C)(C)SC(=O)C1=CCCC1. The molecule has 0 aromatic rings. The highest BCUT2D eigenvalue weighted by molar-refractivity contribution is 8.15. The van der Waals surface area contributed by atoms with Gasteiger partial charge in [-0.3, -0.25) is 4.79 Å². The molecule has 0 aliphatic heterocycles. The Morgan fingerprint density at radius 1 is 1.50 bits per heavy atom. The van der Waals surface area contributed by atoms with Gasteiger partial charge >= 0.3 is 0 Å². The topological polar surface area (TPSA) is 17.1 Å². The lowest BCUT2D eigenvalue weighted by Gasteiger charge is -2.16. The van der Waals surface area contributed by atoms with Gasteiger partial charge in [-0.05, 0) is 19.3 Å². The minimum atomic E-state index is 0.0561. The van der Waals surface area contributed by atoms with E-state index in [1.165, 1.54) is 11.8 Å². The van der Waals surface area contributed by atoms with Crippen LogP contribution in [0, 0.1) is 0 Å². The maximum atomic E-state index is 11.6. The van der Waals surface area contributed by atoms with Crippen molar-refractivity contribution in [2.45, 2.75) is 44.8 Å². The third kappa shape index (κ3) is 3.02. The third-order valence-corrected chi connectivity index (χ3v) is 2.76. The average Bonchev–Trinajstić information content (AvgIpc) is 2.32. The molecule has 0 radical (unpaired) electrons. The molecule has 0 amide bonds. The van der Waals surface area contributed by atoms with Gasteiger partial charge in [0.05, 0.1) is 0 Å². The van der Waals surface area contributed by atoms with Crippen LogP contribution < -0.4 is 0 Å². The summed E-state index contributed by atoms with van der Waals surface area (Å²) in [6.07, 6.45) is 5.32. The number of carbonyl (C=O) groups excluding carboxylic acids is 1. The predicted octanol–water partition coefficient (Wildman–Crippen LogP) is 3.16. The van der Waals surface area contributed by atoms with Gasteiger partial charge in [0.25, 0.3) is 0 Å². The van der Waals surface area contributed by atoms with Crippen LogP contribution in [0.3, 0.4) is 0 Å². The van der Waals surface area contributed by atoms with Gasteiger partial charge in [0, 0.05) is 10.3 Å². The number of hydrogen-bond donors (Lipinski definition) is 0. The van der Waals surface area contributed by atoms with Gasteiger partial charge in [0.1, 0.15) is 0 Å². The van der Waals surface area contributed by atoms with Gasteiger partial charge < -0.3 is 0 Å². The van der Waals surface area contributed by atoms with E-state index in [1.807, 2.05) is 0 Å². The fourth-order valence-electron chi connectivity index (χ4n) is 1.20. The summed E-state index contributed by atoms with van der Waals surface area (Å²) in [7, 11) is 0. The molecule has 1 nitrogen and oxygen atoms in total. The van der Waals surface area contributed by atoms with Crippen LogP contribution in [-0.4, -0.2) is 9.86 Å². The van der Waals surface area contributed by atoms with Crippen LogP contribution >= 0.6 is 11.8 Å². The summed E-state index contributed by atoms with van der Waals surface area (Å²) in [6.45, 7) is 6.22. The van der Waals surface area contributed by atoms with Gasteiger partial charge in [0.2, 0.25) is 5.12 Å². The predicted molar refractivity (Wildman–Crippen MR) is 54.3 cm³/mol. The van der Waals surface area contributed by atoms with E-state index in [9.17, 15) is 4.79 Å². The van der Waals surface area contributed by atoms with Gasteiger partial charge in [-0.2, -0.15) is 0 Å². The van der Waals surface area contributed by atoms with Gasteiger partial charge in [-0.1, -0.05) is 38.6 Å². The summed E-state index contributed by atoms with van der Waals surface area (Å²) in [5, 5.41) is 0.278. The number of carbonyl (C=O) groups is 1. The molecule has 0 fully saturated rings. The Hall–Kier alpha value is -0.240. The highest BCUT2D eigenvalue weighted by Crippen LogP contribution is 2.30. The summed E-state index contributed by atoms with van der Waals surface area (Å²) in [5.74, 6) is 0. The van der Waals surface area contributed by atoms with E-state index >= 15 is 0 Å². The van der Waals surface area contributed by atoms with E-state index in [1.54, 1.807) is 0 Å². The lowest BCUT2D eigenvalue weighted by Crippen LogP contribution is -2.12. The van der Waals surface area contributed by atoms with Crippen molar-refractivity contribution >= 4 is 16.9 Å². The Bertz CT molecular complexity index is 210. The fraction of sp³-hybridized carbons (Fsp3) is 0.700. The first-order valence-corrected chi connectivity index (χ1v) is 5.23. The maximum Gasteiger partial charge on any atom is 0.215 e. The Balaban J connectivity index is 2.49. The number of hydrogen-bond acceptors (Lipinski definition) is 2. The van der Waals surface area contributed by atoms with Crippen molar-refractivity contribution in [1.29, 1.82) is 0 Å². The van der Waals surface area contributed by atoms with Crippen LogP contribution in [0.2, 0.25) is 0 Å². The summed E-state index contributed by atoms with van der Waals surface area (Å²) < 4.78 is 0.0561. The Morgan fingerprint density at radius 2 is 2.17 bits per heavy atom. The molecule has 12 heavy (non-hydrogen) atoms. The third-order valence-electron chi connectivity index (χ3n) is 1.70. The molecule has 0 bridgehead atoms. The normalized spacial score (nSPS) is 17.8. The smallest absolute Gasteiger partial charge is 0.215 e. The van der Waals surface area contributed by atoms with E-state index in [4.69, 9.17) is 0 Å². The van der Waals surface area contributed by atoms with Crippen LogP contribution in [0.25, 0.3) is 0 Å². The first-order chi connectivity index (χ1) is 5.49. The minimum absolute atomic E-state index is 0.0561. The standard InChI is InChI=1S/C10H16OS/c1-10(2,3)12-9(11)8-6-4-5-7-8/h6H,4-5,7H2,1-3H3. The molecule has 68 valence electrons. The fourth-order valence-corrected chi connectivity index (χ4v) is 2.07. The molecule has 1 aliphatic carbocycles. The molecule has 0 saturated heterocycles. The van der Waals surface area contributed by atoms with E-state index < -0.39 is 0 Å². The van der Waals surface area contributed by atoms with Gasteiger partial charge in [0.15, 0.2) is 0 Å². The molecular weight excluding hydrogens is 168 g/mol. The van der Waals surface area contributed by atoms with Crippen molar-refractivity contribution in [2.24, 2.45) is 0 Å². The van der Waals surface area contributed by atoms with E-state index in [0.29, 0.717) is 0 Å². The zero-order valence-electron chi connectivity index (χ0n) is 8.02. The summed E-state index contributed by atoms with van der Waals surface area (Å²) in [4.78, 5) is 11.6. The Morgan fingerprint density at radius 3 is 2.58 bits per heavy atom. The second-order valence-electron chi connectivity index (χ2n) is 4.12. The van der Waals surface area contributed by atoms with Crippen molar-refractivity contribution in [1.82, 2.24) is 0 Å². The summed E-state index contributed by atoms with van der Waals surface area (Å²) in [6, 6.07) is 0. The quantitative estimate of drug-likeness (QED) is 0.622.